The van der Waals surface area contributed by atoms with Crippen LogP contribution in [0.5, 0.6) is 0 Å². The van der Waals surface area contributed by atoms with Gasteiger partial charge in [0.1, 0.15) is 5.82 Å². The van der Waals surface area contributed by atoms with Gasteiger partial charge in [-0.05, 0) is 63.9 Å². The third-order valence-corrected chi connectivity index (χ3v) is 4.07. The molecule has 2 rings (SSSR count). The Morgan fingerprint density at radius 2 is 2.17 bits per heavy atom. The number of anilines is 1. The van der Waals surface area contributed by atoms with E-state index in [1.54, 1.807) is 6.07 Å². The predicted octanol–water partition coefficient (Wildman–Crippen LogP) is 3.40. The van der Waals surface area contributed by atoms with E-state index in [1.165, 1.54) is 18.5 Å². The van der Waals surface area contributed by atoms with Crippen LogP contribution in [0.15, 0.2) is 12.1 Å². The number of hydrogen-bond donors (Lipinski definition) is 1. The van der Waals surface area contributed by atoms with Gasteiger partial charge in [0.05, 0.1) is 0 Å². The lowest BCUT2D eigenvalue weighted by Gasteiger charge is -2.29. The maximum Gasteiger partial charge on any atom is 0.126 e. The lowest BCUT2D eigenvalue weighted by Crippen LogP contribution is -2.29. The zero-order valence-electron chi connectivity index (χ0n) is 11.8. The summed E-state index contributed by atoms with van der Waals surface area (Å²) in [5.74, 6) is -0.109. The number of nitrogens with one attached hydrogen (secondary N) is 1. The van der Waals surface area contributed by atoms with Crippen molar-refractivity contribution in [1.82, 2.24) is 5.32 Å². The van der Waals surface area contributed by atoms with Crippen LogP contribution in [0.2, 0.25) is 0 Å². The molecule has 2 atom stereocenters. The molecule has 1 aliphatic heterocycles. The van der Waals surface area contributed by atoms with Gasteiger partial charge in [0, 0.05) is 24.3 Å². The fraction of sp³-hybridized carbons (Fsp3) is 0.600. The van der Waals surface area contributed by atoms with E-state index in [4.69, 9.17) is 0 Å². The van der Waals surface area contributed by atoms with E-state index in [-0.39, 0.29) is 11.9 Å². The third-order valence-electron chi connectivity index (χ3n) is 4.07. The molecule has 1 saturated heterocycles. The summed E-state index contributed by atoms with van der Waals surface area (Å²) in [4.78, 5) is 2.41. The Balaban J connectivity index is 2.46. The number of halogens is 1. The predicted molar refractivity (Wildman–Crippen MR) is 74.7 cm³/mol. The smallest absolute Gasteiger partial charge is 0.126 e. The van der Waals surface area contributed by atoms with Crippen molar-refractivity contribution in [2.24, 2.45) is 0 Å². The molecular formula is C15H23FN2. The Morgan fingerprint density at radius 3 is 2.72 bits per heavy atom. The van der Waals surface area contributed by atoms with Gasteiger partial charge in [-0.15, -0.1) is 0 Å². The van der Waals surface area contributed by atoms with Crippen molar-refractivity contribution in [3.05, 3.63) is 29.1 Å². The molecule has 0 amide bonds. The zero-order valence-corrected chi connectivity index (χ0v) is 11.8. The van der Waals surface area contributed by atoms with Crippen LogP contribution in [0.25, 0.3) is 0 Å². The first kappa shape index (κ1) is 13.3. The number of nitrogens with zero attached hydrogens (tertiary/aromatic N) is 1. The molecule has 1 heterocycles. The number of rotatable bonds is 3. The molecule has 0 aromatic heterocycles. The summed E-state index contributed by atoms with van der Waals surface area (Å²) in [5.41, 5.74) is 2.99. The first-order chi connectivity index (χ1) is 8.54. The summed E-state index contributed by atoms with van der Waals surface area (Å²) in [6.07, 6.45) is 2.45. The van der Waals surface area contributed by atoms with Gasteiger partial charge in [0.2, 0.25) is 0 Å². The van der Waals surface area contributed by atoms with Gasteiger partial charge in [0.25, 0.3) is 0 Å². The van der Waals surface area contributed by atoms with Crippen molar-refractivity contribution in [1.29, 1.82) is 0 Å². The van der Waals surface area contributed by atoms with Gasteiger partial charge in [-0.1, -0.05) is 0 Å². The van der Waals surface area contributed by atoms with Crippen LogP contribution in [-0.4, -0.2) is 19.6 Å². The summed E-state index contributed by atoms with van der Waals surface area (Å²) in [6.45, 7) is 7.25. The third kappa shape index (κ3) is 2.37. The molecule has 2 unspecified atom stereocenters. The molecule has 0 aliphatic carbocycles. The van der Waals surface area contributed by atoms with Crippen LogP contribution in [-0.2, 0) is 0 Å². The maximum atomic E-state index is 13.8. The second-order valence-corrected chi connectivity index (χ2v) is 5.36. The minimum absolute atomic E-state index is 0.109. The van der Waals surface area contributed by atoms with Gasteiger partial charge in [0.15, 0.2) is 0 Å². The standard InChI is InChI=1S/C15H23FN2/c1-10-8-15(18-7-5-6-11(18)2)13(9-14(10)16)12(3)17-4/h8-9,11-12,17H,5-7H2,1-4H3. The molecule has 1 aromatic carbocycles. The molecule has 2 nitrogen and oxygen atoms in total. The summed E-state index contributed by atoms with van der Waals surface area (Å²) in [6, 6.07) is 4.41. The molecule has 100 valence electrons. The number of hydrogen-bond acceptors (Lipinski definition) is 2. The normalized spacial score (nSPS) is 21.4. The summed E-state index contributed by atoms with van der Waals surface area (Å²) >= 11 is 0. The van der Waals surface area contributed by atoms with Gasteiger partial charge >= 0.3 is 0 Å². The molecular weight excluding hydrogens is 227 g/mol. The van der Waals surface area contributed by atoms with Crippen molar-refractivity contribution >= 4 is 5.69 Å². The molecule has 1 fully saturated rings. The molecule has 1 aliphatic rings. The molecule has 1 N–H and O–H groups in total. The first-order valence-corrected chi connectivity index (χ1v) is 6.78. The van der Waals surface area contributed by atoms with Crippen LogP contribution in [0.1, 0.15) is 43.9 Å². The van der Waals surface area contributed by atoms with E-state index in [2.05, 4.69) is 24.1 Å². The van der Waals surface area contributed by atoms with E-state index < -0.39 is 0 Å². The molecule has 3 heteroatoms. The van der Waals surface area contributed by atoms with Crippen LogP contribution in [0, 0.1) is 12.7 Å². The van der Waals surface area contributed by atoms with E-state index in [1.807, 2.05) is 20.0 Å². The highest BCUT2D eigenvalue weighted by atomic mass is 19.1. The Bertz CT molecular complexity index is 431. The molecule has 0 bridgehead atoms. The summed E-state index contributed by atoms with van der Waals surface area (Å²) in [5, 5.41) is 3.21. The average molecular weight is 250 g/mol. The monoisotopic (exact) mass is 250 g/mol. The van der Waals surface area contributed by atoms with Crippen molar-refractivity contribution < 1.29 is 4.39 Å². The summed E-state index contributed by atoms with van der Waals surface area (Å²) < 4.78 is 13.8. The van der Waals surface area contributed by atoms with E-state index in [0.717, 1.165) is 17.7 Å². The first-order valence-electron chi connectivity index (χ1n) is 6.78. The van der Waals surface area contributed by atoms with Crippen LogP contribution in [0.4, 0.5) is 10.1 Å². The lowest BCUT2D eigenvalue weighted by atomic mass is 10.0. The van der Waals surface area contributed by atoms with Crippen LogP contribution in [0.3, 0.4) is 0 Å². The topological polar surface area (TPSA) is 15.3 Å². The fourth-order valence-corrected chi connectivity index (χ4v) is 2.72. The highest BCUT2D eigenvalue weighted by Crippen LogP contribution is 2.33. The quantitative estimate of drug-likeness (QED) is 0.884. The van der Waals surface area contributed by atoms with E-state index in [9.17, 15) is 4.39 Å². The van der Waals surface area contributed by atoms with Gasteiger partial charge in [-0.25, -0.2) is 4.39 Å². The minimum Gasteiger partial charge on any atom is -0.369 e. The van der Waals surface area contributed by atoms with Gasteiger partial charge in [-0.2, -0.15) is 0 Å². The second kappa shape index (κ2) is 5.27. The minimum atomic E-state index is -0.109. The Hall–Kier alpha value is -1.09. The Kier molecular flexibility index (Phi) is 3.91. The lowest BCUT2D eigenvalue weighted by molar-refractivity contribution is 0.598. The van der Waals surface area contributed by atoms with E-state index in [0.29, 0.717) is 6.04 Å². The fourth-order valence-electron chi connectivity index (χ4n) is 2.72. The Morgan fingerprint density at radius 1 is 1.44 bits per heavy atom. The second-order valence-electron chi connectivity index (χ2n) is 5.36. The molecule has 0 radical (unpaired) electrons. The van der Waals surface area contributed by atoms with Crippen LogP contribution >= 0.6 is 0 Å². The maximum absolute atomic E-state index is 13.8. The molecule has 0 saturated carbocycles. The number of aryl methyl sites for hydroxylation is 1. The zero-order chi connectivity index (χ0) is 13.3. The molecule has 0 spiro atoms. The molecule has 1 aromatic rings. The van der Waals surface area contributed by atoms with Crippen LogP contribution < -0.4 is 10.2 Å². The average Bonchev–Trinajstić information content (AvgIpc) is 2.77. The van der Waals surface area contributed by atoms with Crippen molar-refractivity contribution in [3.8, 4) is 0 Å². The molecule has 18 heavy (non-hydrogen) atoms. The van der Waals surface area contributed by atoms with Crippen molar-refractivity contribution in [2.75, 3.05) is 18.5 Å². The largest absolute Gasteiger partial charge is 0.369 e. The van der Waals surface area contributed by atoms with E-state index >= 15 is 0 Å². The van der Waals surface area contributed by atoms with Crippen molar-refractivity contribution in [2.45, 2.75) is 45.7 Å². The van der Waals surface area contributed by atoms with Gasteiger partial charge < -0.3 is 10.2 Å². The van der Waals surface area contributed by atoms with Crippen molar-refractivity contribution in [3.63, 3.8) is 0 Å². The SMILES string of the molecule is CNC(C)c1cc(F)c(C)cc1N1CCCC1C. The van der Waals surface area contributed by atoms with Gasteiger partial charge in [-0.3, -0.25) is 0 Å². The highest BCUT2D eigenvalue weighted by molar-refractivity contribution is 5.58. The number of benzene rings is 1. The Labute approximate surface area is 109 Å². The highest BCUT2D eigenvalue weighted by Gasteiger charge is 2.24. The summed E-state index contributed by atoms with van der Waals surface area (Å²) in [7, 11) is 1.92.